The normalized spacial score (nSPS) is 13.8. The number of allylic oxidation sites excluding steroid dienone is 4. The zero-order valence-electron chi connectivity index (χ0n) is 36.4. The van der Waals surface area contributed by atoms with Crippen molar-refractivity contribution in [3.8, 4) is 0 Å². The molecule has 0 bridgehead atoms. The van der Waals surface area contributed by atoms with Gasteiger partial charge in [-0.05, 0) is 64.2 Å². The zero-order chi connectivity index (χ0) is 40.7. The number of esters is 2. The Hall–Kier alpha value is -1.51. The van der Waals surface area contributed by atoms with Gasteiger partial charge in [-0.3, -0.25) is 18.6 Å². The molecule has 2 atom stereocenters. The molecule has 0 amide bonds. The monoisotopic (exact) mass is 801 g/mol. The van der Waals surface area contributed by atoms with Crippen molar-refractivity contribution in [1.29, 1.82) is 0 Å². The van der Waals surface area contributed by atoms with E-state index in [-0.39, 0.29) is 32.0 Å². The maximum absolute atomic E-state index is 12.7. The van der Waals surface area contributed by atoms with Gasteiger partial charge < -0.3 is 18.9 Å². The van der Waals surface area contributed by atoms with E-state index in [4.69, 9.17) is 18.5 Å². The summed E-state index contributed by atoms with van der Waals surface area (Å²) >= 11 is 0. The molecule has 0 heterocycles. The molecule has 0 fully saturated rings. The first-order valence-electron chi connectivity index (χ1n) is 22.6. The van der Waals surface area contributed by atoms with E-state index in [1.165, 1.54) is 116 Å². The van der Waals surface area contributed by atoms with Gasteiger partial charge in [0.25, 0.3) is 0 Å². The van der Waals surface area contributed by atoms with Crippen molar-refractivity contribution < 1.29 is 42.1 Å². The molecular formula is C45H87NO8P+. The highest BCUT2D eigenvalue weighted by molar-refractivity contribution is 7.47. The fourth-order valence-electron chi connectivity index (χ4n) is 6.12. The van der Waals surface area contributed by atoms with Crippen LogP contribution in [0.5, 0.6) is 0 Å². The molecule has 0 radical (unpaired) electrons. The maximum Gasteiger partial charge on any atom is 0.472 e. The lowest BCUT2D eigenvalue weighted by atomic mass is 10.1. The second-order valence-corrected chi connectivity index (χ2v) is 17.9. The fraction of sp³-hybridized carbons (Fsp3) is 0.867. The van der Waals surface area contributed by atoms with Gasteiger partial charge in [-0.25, -0.2) is 4.57 Å². The number of carbonyl (C=O) groups excluding carboxylic acids is 2. The Balaban J connectivity index is 4.30. The molecular weight excluding hydrogens is 713 g/mol. The molecule has 0 aromatic rings. The van der Waals surface area contributed by atoms with Crippen LogP contribution in [0.4, 0.5) is 0 Å². The average molecular weight is 801 g/mol. The van der Waals surface area contributed by atoms with E-state index in [0.29, 0.717) is 17.4 Å². The van der Waals surface area contributed by atoms with Crippen molar-refractivity contribution in [1.82, 2.24) is 0 Å². The summed E-state index contributed by atoms with van der Waals surface area (Å²) in [4.78, 5) is 35.3. The van der Waals surface area contributed by atoms with Crippen LogP contribution in [0.15, 0.2) is 24.3 Å². The van der Waals surface area contributed by atoms with Crippen molar-refractivity contribution in [2.45, 2.75) is 206 Å². The number of unbranched alkanes of at least 4 members (excludes halogenated alkanes) is 23. The van der Waals surface area contributed by atoms with Crippen molar-refractivity contribution in [3.63, 3.8) is 0 Å². The lowest BCUT2D eigenvalue weighted by Crippen LogP contribution is -2.37. The molecule has 324 valence electrons. The third-order valence-electron chi connectivity index (χ3n) is 9.70. The van der Waals surface area contributed by atoms with Crippen LogP contribution in [-0.4, -0.2) is 74.9 Å². The summed E-state index contributed by atoms with van der Waals surface area (Å²) in [5.74, 6) is -0.810. The van der Waals surface area contributed by atoms with E-state index in [0.717, 1.165) is 51.4 Å². The highest BCUT2D eigenvalue weighted by Gasteiger charge is 2.27. The molecule has 9 nitrogen and oxygen atoms in total. The summed E-state index contributed by atoms with van der Waals surface area (Å²) in [5.41, 5.74) is 0. The van der Waals surface area contributed by atoms with E-state index in [1.807, 2.05) is 21.1 Å². The van der Waals surface area contributed by atoms with Crippen molar-refractivity contribution in [2.24, 2.45) is 0 Å². The van der Waals surface area contributed by atoms with Gasteiger partial charge in [0.15, 0.2) is 6.10 Å². The van der Waals surface area contributed by atoms with Crippen LogP contribution in [0.25, 0.3) is 0 Å². The fourth-order valence-corrected chi connectivity index (χ4v) is 6.86. The van der Waals surface area contributed by atoms with Crippen LogP contribution < -0.4 is 0 Å². The summed E-state index contributed by atoms with van der Waals surface area (Å²) in [6.45, 7) is 4.39. The largest absolute Gasteiger partial charge is 0.472 e. The Bertz CT molecular complexity index is 996. The second-order valence-electron chi connectivity index (χ2n) is 16.4. The number of phosphoric ester groups is 1. The number of quaternary nitrogens is 1. The van der Waals surface area contributed by atoms with Gasteiger partial charge in [-0.2, -0.15) is 0 Å². The number of hydrogen-bond acceptors (Lipinski definition) is 7. The molecule has 0 saturated carbocycles. The Kier molecular flexibility index (Phi) is 37.0. The van der Waals surface area contributed by atoms with E-state index in [1.54, 1.807) is 0 Å². The van der Waals surface area contributed by atoms with Gasteiger partial charge in [0.1, 0.15) is 19.8 Å². The second kappa shape index (κ2) is 38.0. The Morgan fingerprint density at radius 1 is 0.545 bits per heavy atom. The van der Waals surface area contributed by atoms with E-state index < -0.39 is 26.5 Å². The highest BCUT2D eigenvalue weighted by Crippen LogP contribution is 2.43. The number of likely N-dealkylation sites (N-methyl/N-ethyl adjacent to an activating group) is 1. The predicted octanol–water partition coefficient (Wildman–Crippen LogP) is 12.7. The minimum absolute atomic E-state index is 0.0305. The third kappa shape index (κ3) is 41.9. The first kappa shape index (κ1) is 53.5. The van der Waals surface area contributed by atoms with Crippen LogP contribution in [0, 0.1) is 0 Å². The van der Waals surface area contributed by atoms with Crippen LogP contribution in [0.1, 0.15) is 200 Å². The van der Waals surface area contributed by atoms with Gasteiger partial charge >= 0.3 is 19.8 Å². The summed E-state index contributed by atoms with van der Waals surface area (Å²) in [6.07, 6.45) is 40.8. The number of ether oxygens (including phenoxy) is 2. The Labute approximate surface area is 339 Å². The van der Waals surface area contributed by atoms with Crippen molar-refractivity contribution in [2.75, 3.05) is 47.5 Å². The van der Waals surface area contributed by atoms with E-state index in [2.05, 4.69) is 38.2 Å². The Morgan fingerprint density at radius 2 is 0.927 bits per heavy atom. The molecule has 1 unspecified atom stereocenters. The van der Waals surface area contributed by atoms with Gasteiger partial charge in [0.05, 0.1) is 27.7 Å². The summed E-state index contributed by atoms with van der Waals surface area (Å²) in [6, 6.07) is 0. The number of hydrogen-bond donors (Lipinski definition) is 1. The average Bonchev–Trinajstić information content (AvgIpc) is 3.13. The van der Waals surface area contributed by atoms with Crippen LogP contribution >= 0.6 is 7.82 Å². The topological polar surface area (TPSA) is 108 Å². The predicted molar refractivity (Wildman–Crippen MR) is 229 cm³/mol. The van der Waals surface area contributed by atoms with E-state index in [9.17, 15) is 19.0 Å². The van der Waals surface area contributed by atoms with Gasteiger partial charge in [0, 0.05) is 12.8 Å². The van der Waals surface area contributed by atoms with Crippen molar-refractivity contribution in [3.05, 3.63) is 24.3 Å². The molecule has 0 aromatic heterocycles. The molecule has 0 saturated heterocycles. The number of phosphoric acid groups is 1. The SMILES string of the molecule is CCCCC/C=C\CCCCCCCC(=O)O[C@H](COC(=O)CCCCCCCCC/C=C\CCCCCCCCCC)COP(=O)(O)OCC[N+](C)(C)C. The molecule has 0 aliphatic carbocycles. The minimum atomic E-state index is -4.37. The number of rotatable bonds is 41. The molecule has 1 N–H and O–H groups in total. The molecule has 0 rings (SSSR count). The molecule has 0 spiro atoms. The number of nitrogens with zero attached hydrogens (tertiary/aromatic N) is 1. The molecule has 55 heavy (non-hydrogen) atoms. The lowest BCUT2D eigenvalue weighted by Gasteiger charge is -2.24. The summed E-state index contributed by atoms with van der Waals surface area (Å²) in [7, 11) is 1.47. The first-order valence-corrected chi connectivity index (χ1v) is 24.1. The Morgan fingerprint density at radius 3 is 1.38 bits per heavy atom. The van der Waals surface area contributed by atoms with Crippen LogP contribution in [-0.2, 0) is 32.7 Å². The number of carbonyl (C=O) groups is 2. The van der Waals surface area contributed by atoms with Crippen molar-refractivity contribution >= 4 is 19.8 Å². The molecule has 0 aromatic carbocycles. The maximum atomic E-state index is 12.7. The zero-order valence-corrected chi connectivity index (χ0v) is 37.3. The summed E-state index contributed by atoms with van der Waals surface area (Å²) < 4.78 is 34.3. The molecule has 0 aliphatic rings. The third-order valence-corrected chi connectivity index (χ3v) is 10.7. The van der Waals surface area contributed by atoms with Gasteiger partial charge in [-0.15, -0.1) is 0 Å². The lowest BCUT2D eigenvalue weighted by molar-refractivity contribution is -0.870. The van der Waals surface area contributed by atoms with Crippen LogP contribution in [0.2, 0.25) is 0 Å². The molecule has 0 aliphatic heterocycles. The van der Waals surface area contributed by atoms with Crippen LogP contribution in [0.3, 0.4) is 0 Å². The van der Waals surface area contributed by atoms with Gasteiger partial charge in [-0.1, -0.05) is 147 Å². The standard InChI is InChI=1S/C45H86NO8P/c1-6-8-10-12-14-16-18-20-21-22-23-24-25-26-28-29-31-33-35-37-44(47)51-41-43(42-53-55(49,50)52-40-39-46(3,4)5)54-45(48)38-36-34-32-30-27-19-17-15-13-11-9-7-2/h15,17,22-23,43H,6-14,16,18-21,24-42H2,1-5H3/p+1/b17-15-,23-22-/t43-/m1/s1. The minimum Gasteiger partial charge on any atom is -0.462 e. The van der Waals surface area contributed by atoms with Gasteiger partial charge in [0.2, 0.25) is 0 Å². The quantitative estimate of drug-likeness (QED) is 0.0214. The first-order chi connectivity index (χ1) is 26.5. The van der Waals surface area contributed by atoms with E-state index >= 15 is 0 Å². The highest BCUT2D eigenvalue weighted by atomic mass is 31.2. The smallest absolute Gasteiger partial charge is 0.462 e. The molecule has 10 heteroatoms. The summed E-state index contributed by atoms with van der Waals surface area (Å²) in [5, 5.41) is 0.